The summed E-state index contributed by atoms with van der Waals surface area (Å²) in [7, 11) is 0. The third-order valence-electron chi connectivity index (χ3n) is 2.84. The first-order chi connectivity index (χ1) is 9.06. The summed E-state index contributed by atoms with van der Waals surface area (Å²) in [5.74, 6) is -0.0975. The number of hydrogen-bond acceptors (Lipinski definition) is 2. The van der Waals surface area contributed by atoms with Gasteiger partial charge in [0, 0.05) is 10.5 Å². The Morgan fingerprint density at radius 3 is 2.63 bits per heavy atom. The smallest absolute Gasteiger partial charge is 0.173 e. The van der Waals surface area contributed by atoms with E-state index in [1.807, 2.05) is 26.0 Å². The van der Waals surface area contributed by atoms with Crippen molar-refractivity contribution >= 4 is 17.5 Å². The van der Waals surface area contributed by atoms with Crippen molar-refractivity contribution in [1.29, 1.82) is 0 Å². The quantitative estimate of drug-likeness (QED) is 0.606. The molecular weight excluding hydrogens is 259 g/mol. The van der Waals surface area contributed by atoms with Gasteiger partial charge in [-0.25, -0.2) is 4.39 Å². The zero-order valence-corrected chi connectivity index (χ0v) is 11.8. The average Bonchev–Trinajstić information content (AvgIpc) is 2.37. The van der Waals surface area contributed by atoms with Crippen LogP contribution in [-0.4, -0.2) is 11.5 Å². The van der Waals surface area contributed by atoms with Gasteiger partial charge in [0.15, 0.2) is 5.78 Å². The summed E-state index contributed by atoms with van der Waals surface area (Å²) in [5.41, 5.74) is 2.80. The molecule has 0 heterocycles. The minimum atomic E-state index is -0.373. The Morgan fingerprint density at radius 1 is 1.16 bits per heavy atom. The Kier molecular flexibility index (Phi) is 4.38. The fourth-order valence-electron chi connectivity index (χ4n) is 1.85. The second kappa shape index (κ2) is 6.02. The molecule has 0 N–H and O–H groups in total. The van der Waals surface area contributed by atoms with Crippen molar-refractivity contribution in [2.24, 2.45) is 0 Å². The van der Waals surface area contributed by atoms with Crippen LogP contribution in [-0.2, 0) is 0 Å². The van der Waals surface area contributed by atoms with Crippen LogP contribution in [0.1, 0.15) is 21.5 Å². The standard InChI is InChI=1S/C16H15FOS/c1-11-6-7-16(12(2)8-11)19-10-15(18)13-4-3-5-14(17)9-13/h3-9H,10H2,1-2H3. The van der Waals surface area contributed by atoms with Crippen molar-refractivity contribution < 1.29 is 9.18 Å². The molecule has 0 amide bonds. The van der Waals surface area contributed by atoms with Crippen LogP contribution in [0.15, 0.2) is 47.4 Å². The molecule has 19 heavy (non-hydrogen) atoms. The van der Waals surface area contributed by atoms with Crippen molar-refractivity contribution in [3.8, 4) is 0 Å². The van der Waals surface area contributed by atoms with Gasteiger partial charge in [-0.15, -0.1) is 11.8 Å². The highest BCUT2D eigenvalue weighted by atomic mass is 32.2. The highest BCUT2D eigenvalue weighted by Gasteiger charge is 2.08. The molecule has 0 radical (unpaired) electrons. The molecule has 0 saturated carbocycles. The Labute approximate surface area is 116 Å². The van der Waals surface area contributed by atoms with Crippen LogP contribution in [0.3, 0.4) is 0 Å². The maximum absolute atomic E-state index is 13.0. The van der Waals surface area contributed by atoms with Crippen LogP contribution in [0.4, 0.5) is 4.39 Å². The molecule has 3 heteroatoms. The molecule has 0 unspecified atom stereocenters. The largest absolute Gasteiger partial charge is 0.293 e. The normalized spacial score (nSPS) is 10.5. The molecule has 2 aromatic carbocycles. The third-order valence-corrected chi connectivity index (χ3v) is 4.01. The van der Waals surface area contributed by atoms with Gasteiger partial charge >= 0.3 is 0 Å². The maximum Gasteiger partial charge on any atom is 0.173 e. The molecule has 98 valence electrons. The van der Waals surface area contributed by atoms with Gasteiger partial charge in [-0.05, 0) is 37.6 Å². The van der Waals surface area contributed by atoms with Gasteiger partial charge in [0.1, 0.15) is 5.82 Å². The van der Waals surface area contributed by atoms with Crippen LogP contribution in [0, 0.1) is 19.7 Å². The molecule has 0 aliphatic rings. The summed E-state index contributed by atoms with van der Waals surface area (Å²) in [5, 5.41) is 0. The second-order valence-corrected chi connectivity index (χ2v) is 5.51. The minimum absolute atomic E-state index is 0.0514. The fraction of sp³-hybridized carbons (Fsp3) is 0.188. The van der Waals surface area contributed by atoms with E-state index in [1.165, 1.54) is 29.5 Å². The zero-order chi connectivity index (χ0) is 13.8. The number of rotatable bonds is 4. The summed E-state index contributed by atoms with van der Waals surface area (Å²) in [4.78, 5) is 13.1. The topological polar surface area (TPSA) is 17.1 Å². The molecule has 2 rings (SSSR count). The summed E-state index contributed by atoms with van der Waals surface area (Å²) < 4.78 is 13.0. The molecular formula is C16H15FOS. The van der Waals surface area contributed by atoms with Crippen LogP contribution >= 0.6 is 11.8 Å². The number of halogens is 1. The Hall–Kier alpha value is -1.61. The second-order valence-electron chi connectivity index (χ2n) is 4.49. The van der Waals surface area contributed by atoms with Crippen molar-refractivity contribution in [1.82, 2.24) is 0 Å². The van der Waals surface area contributed by atoms with E-state index in [0.29, 0.717) is 11.3 Å². The Bertz CT molecular complexity index is 607. The summed E-state index contributed by atoms with van der Waals surface area (Å²) in [6, 6.07) is 12.0. The maximum atomic E-state index is 13.0. The minimum Gasteiger partial charge on any atom is -0.293 e. The summed E-state index contributed by atoms with van der Waals surface area (Å²) in [6.07, 6.45) is 0. The number of aryl methyl sites for hydroxylation is 2. The van der Waals surface area contributed by atoms with Gasteiger partial charge in [0.2, 0.25) is 0 Å². The highest BCUT2D eigenvalue weighted by Crippen LogP contribution is 2.24. The molecule has 2 aromatic rings. The molecule has 1 nitrogen and oxygen atoms in total. The number of benzene rings is 2. The lowest BCUT2D eigenvalue weighted by molar-refractivity contribution is 0.102. The Morgan fingerprint density at radius 2 is 1.95 bits per heavy atom. The first-order valence-corrected chi connectivity index (χ1v) is 7.03. The van der Waals surface area contributed by atoms with Gasteiger partial charge in [-0.3, -0.25) is 4.79 Å². The third kappa shape index (κ3) is 3.67. The number of hydrogen-bond donors (Lipinski definition) is 0. The number of ketones is 1. The number of Topliss-reactive ketones (excluding diaryl/α,β-unsaturated/α-hetero) is 1. The van der Waals surface area contributed by atoms with Crippen molar-refractivity contribution in [2.45, 2.75) is 18.7 Å². The first-order valence-electron chi connectivity index (χ1n) is 6.05. The molecule has 0 aliphatic heterocycles. The van der Waals surface area contributed by atoms with Crippen molar-refractivity contribution in [3.05, 3.63) is 65.0 Å². The monoisotopic (exact) mass is 274 g/mol. The molecule has 0 bridgehead atoms. The number of thioether (sulfide) groups is 1. The molecule has 0 aliphatic carbocycles. The van der Waals surface area contributed by atoms with E-state index >= 15 is 0 Å². The van der Waals surface area contributed by atoms with Crippen molar-refractivity contribution in [2.75, 3.05) is 5.75 Å². The average molecular weight is 274 g/mol. The van der Waals surface area contributed by atoms with E-state index in [9.17, 15) is 9.18 Å². The highest BCUT2D eigenvalue weighted by molar-refractivity contribution is 8.00. The summed E-state index contributed by atoms with van der Waals surface area (Å²) in [6.45, 7) is 4.07. The molecule has 0 spiro atoms. The lowest BCUT2D eigenvalue weighted by Crippen LogP contribution is -2.02. The van der Waals surface area contributed by atoms with Crippen molar-refractivity contribution in [3.63, 3.8) is 0 Å². The van der Waals surface area contributed by atoms with Gasteiger partial charge in [0.25, 0.3) is 0 Å². The SMILES string of the molecule is Cc1ccc(SCC(=O)c2cccc(F)c2)c(C)c1. The van der Waals surface area contributed by atoms with E-state index in [1.54, 1.807) is 12.1 Å². The van der Waals surface area contributed by atoms with E-state index in [4.69, 9.17) is 0 Å². The van der Waals surface area contributed by atoms with Crippen LogP contribution in [0.25, 0.3) is 0 Å². The van der Waals surface area contributed by atoms with E-state index in [0.717, 1.165) is 10.5 Å². The van der Waals surface area contributed by atoms with Crippen LogP contribution in [0.2, 0.25) is 0 Å². The Balaban J connectivity index is 2.04. The molecule has 0 aromatic heterocycles. The number of carbonyl (C=O) groups excluding carboxylic acids is 1. The van der Waals surface area contributed by atoms with Gasteiger partial charge in [-0.1, -0.05) is 29.8 Å². The fourth-order valence-corrected chi connectivity index (χ4v) is 2.75. The van der Waals surface area contributed by atoms with Crippen LogP contribution < -0.4 is 0 Å². The first kappa shape index (κ1) is 13.8. The molecule has 0 atom stereocenters. The molecule has 0 saturated heterocycles. The lowest BCUT2D eigenvalue weighted by Gasteiger charge is -2.06. The van der Waals surface area contributed by atoms with Gasteiger partial charge in [0.05, 0.1) is 5.75 Å². The summed E-state index contributed by atoms with van der Waals surface area (Å²) >= 11 is 1.49. The predicted octanol–water partition coefficient (Wildman–Crippen LogP) is 4.42. The lowest BCUT2D eigenvalue weighted by atomic mass is 10.1. The van der Waals surface area contributed by atoms with Gasteiger partial charge < -0.3 is 0 Å². The van der Waals surface area contributed by atoms with Gasteiger partial charge in [-0.2, -0.15) is 0 Å². The number of carbonyl (C=O) groups is 1. The zero-order valence-electron chi connectivity index (χ0n) is 10.9. The van der Waals surface area contributed by atoms with E-state index < -0.39 is 0 Å². The van der Waals surface area contributed by atoms with E-state index in [-0.39, 0.29) is 11.6 Å². The molecule has 0 fully saturated rings. The van der Waals surface area contributed by atoms with Crippen LogP contribution in [0.5, 0.6) is 0 Å². The van der Waals surface area contributed by atoms with E-state index in [2.05, 4.69) is 6.07 Å². The predicted molar refractivity (Wildman–Crippen MR) is 77.4 cm³/mol.